The quantitative estimate of drug-likeness (QED) is 0.921. The standard InChI is InChI=1S/C9H6ClNO2S2/c10-8-6(1-2-14-8)9-11-5(4-15-9)3-7(12)13/h1-2,4H,3H2,(H,12,13). The zero-order valence-electron chi connectivity index (χ0n) is 7.44. The molecule has 0 aliphatic heterocycles. The predicted molar refractivity (Wildman–Crippen MR) is 61.8 cm³/mol. The Morgan fingerprint density at radius 1 is 1.53 bits per heavy atom. The molecule has 0 fully saturated rings. The SMILES string of the molecule is O=C(O)Cc1csc(-c2ccsc2Cl)n1. The number of carbonyl (C=O) groups is 1. The minimum Gasteiger partial charge on any atom is -0.481 e. The van der Waals surface area contributed by atoms with Crippen LogP contribution < -0.4 is 0 Å². The van der Waals surface area contributed by atoms with E-state index in [1.165, 1.54) is 22.7 Å². The van der Waals surface area contributed by atoms with E-state index in [1.54, 1.807) is 5.38 Å². The molecule has 15 heavy (non-hydrogen) atoms. The number of carboxylic acid groups (broad SMARTS) is 1. The van der Waals surface area contributed by atoms with Crippen LogP contribution in [-0.2, 0) is 11.2 Å². The fourth-order valence-electron chi connectivity index (χ4n) is 1.11. The molecule has 3 nitrogen and oxygen atoms in total. The highest BCUT2D eigenvalue weighted by Crippen LogP contribution is 2.34. The zero-order valence-corrected chi connectivity index (χ0v) is 9.83. The van der Waals surface area contributed by atoms with Gasteiger partial charge in [0.2, 0.25) is 0 Å². The molecule has 0 bridgehead atoms. The van der Waals surface area contributed by atoms with E-state index in [4.69, 9.17) is 16.7 Å². The lowest BCUT2D eigenvalue weighted by atomic mass is 10.3. The second kappa shape index (κ2) is 4.30. The van der Waals surface area contributed by atoms with Gasteiger partial charge in [0.25, 0.3) is 0 Å². The van der Waals surface area contributed by atoms with E-state index in [9.17, 15) is 4.79 Å². The van der Waals surface area contributed by atoms with Crippen LogP contribution in [0.25, 0.3) is 10.6 Å². The molecule has 2 aromatic heterocycles. The van der Waals surface area contributed by atoms with Crippen molar-refractivity contribution >= 4 is 40.2 Å². The zero-order chi connectivity index (χ0) is 10.8. The maximum atomic E-state index is 10.5. The first kappa shape index (κ1) is 10.6. The van der Waals surface area contributed by atoms with Gasteiger partial charge in [-0.2, -0.15) is 0 Å². The molecule has 6 heteroatoms. The van der Waals surface area contributed by atoms with Crippen LogP contribution in [0.4, 0.5) is 0 Å². The Kier molecular flexibility index (Phi) is 3.04. The molecule has 0 atom stereocenters. The first-order chi connectivity index (χ1) is 7.16. The molecule has 0 amide bonds. The van der Waals surface area contributed by atoms with E-state index in [-0.39, 0.29) is 6.42 Å². The molecule has 2 rings (SSSR count). The lowest BCUT2D eigenvalue weighted by Gasteiger charge is -1.91. The van der Waals surface area contributed by atoms with Crippen LogP contribution in [0.15, 0.2) is 16.8 Å². The second-order valence-corrected chi connectivity index (χ2v) is 5.20. The van der Waals surface area contributed by atoms with E-state index in [2.05, 4.69) is 4.98 Å². The molecule has 0 saturated heterocycles. The number of rotatable bonds is 3. The van der Waals surface area contributed by atoms with E-state index in [1.807, 2.05) is 11.4 Å². The number of halogens is 1. The van der Waals surface area contributed by atoms with Gasteiger partial charge in [0.1, 0.15) is 9.34 Å². The number of hydrogen-bond acceptors (Lipinski definition) is 4. The summed E-state index contributed by atoms with van der Waals surface area (Å²) in [7, 11) is 0. The summed E-state index contributed by atoms with van der Waals surface area (Å²) in [6.07, 6.45) is -0.0434. The van der Waals surface area contributed by atoms with E-state index < -0.39 is 5.97 Å². The van der Waals surface area contributed by atoms with Crippen LogP contribution >= 0.6 is 34.3 Å². The molecule has 0 unspecified atom stereocenters. The Bertz CT molecular complexity index is 492. The number of thiazole rings is 1. The first-order valence-corrected chi connectivity index (χ1v) is 6.20. The smallest absolute Gasteiger partial charge is 0.309 e. The minimum absolute atomic E-state index is 0.0434. The van der Waals surface area contributed by atoms with E-state index >= 15 is 0 Å². The van der Waals surface area contributed by atoms with E-state index in [0.717, 1.165) is 10.6 Å². The molecule has 2 aromatic rings. The third kappa shape index (κ3) is 2.37. The van der Waals surface area contributed by atoms with Gasteiger partial charge in [-0.25, -0.2) is 4.98 Å². The van der Waals surface area contributed by atoms with Gasteiger partial charge in [0, 0.05) is 10.9 Å². The third-order valence-corrected chi connectivity index (χ3v) is 3.83. The van der Waals surface area contributed by atoms with Crippen molar-refractivity contribution < 1.29 is 9.90 Å². The van der Waals surface area contributed by atoms with Crippen molar-refractivity contribution in [2.75, 3.05) is 0 Å². The van der Waals surface area contributed by atoms with Crippen LogP contribution in [0.5, 0.6) is 0 Å². The third-order valence-electron chi connectivity index (χ3n) is 1.73. The molecular weight excluding hydrogens is 254 g/mol. The lowest BCUT2D eigenvalue weighted by molar-refractivity contribution is -0.136. The monoisotopic (exact) mass is 259 g/mol. The summed E-state index contributed by atoms with van der Waals surface area (Å²) in [5.74, 6) is -0.872. The van der Waals surface area contributed by atoms with Crippen molar-refractivity contribution in [3.8, 4) is 10.6 Å². The topological polar surface area (TPSA) is 50.2 Å². The number of thiophene rings is 1. The average Bonchev–Trinajstić information content (AvgIpc) is 2.72. The summed E-state index contributed by atoms with van der Waals surface area (Å²) < 4.78 is 0.686. The first-order valence-electron chi connectivity index (χ1n) is 4.06. The van der Waals surface area contributed by atoms with Crippen molar-refractivity contribution in [1.29, 1.82) is 0 Å². The highest BCUT2D eigenvalue weighted by atomic mass is 35.5. The van der Waals surface area contributed by atoms with Crippen LogP contribution in [0.2, 0.25) is 4.34 Å². The summed E-state index contributed by atoms with van der Waals surface area (Å²) in [6, 6.07) is 1.89. The predicted octanol–water partition coefficient (Wildman–Crippen LogP) is 3.15. The summed E-state index contributed by atoms with van der Waals surface area (Å²) in [6.45, 7) is 0. The van der Waals surface area contributed by atoms with Crippen LogP contribution in [0.3, 0.4) is 0 Å². The Hall–Kier alpha value is -0.910. The number of nitrogens with zero attached hydrogens (tertiary/aromatic N) is 1. The molecule has 0 spiro atoms. The summed E-state index contributed by atoms with van der Waals surface area (Å²) in [5.41, 5.74) is 1.45. The van der Waals surface area contributed by atoms with Crippen molar-refractivity contribution in [1.82, 2.24) is 4.98 Å². The normalized spacial score (nSPS) is 10.5. The Morgan fingerprint density at radius 2 is 2.33 bits per heavy atom. The van der Waals surface area contributed by atoms with Crippen LogP contribution in [0.1, 0.15) is 5.69 Å². The lowest BCUT2D eigenvalue weighted by Crippen LogP contribution is -1.99. The summed E-state index contributed by atoms with van der Waals surface area (Å²) >= 11 is 8.81. The van der Waals surface area contributed by atoms with Gasteiger partial charge in [-0.1, -0.05) is 11.6 Å². The molecule has 2 heterocycles. The molecular formula is C9H6ClNO2S2. The van der Waals surface area contributed by atoms with Gasteiger partial charge in [0.15, 0.2) is 0 Å². The Labute approximate surface area is 99.0 Å². The Balaban J connectivity index is 2.28. The highest BCUT2D eigenvalue weighted by molar-refractivity contribution is 7.16. The molecule has 0 aliphatic carbocycles. The maximum Gasteiger partial charge on any atom is 0.309 e. The number of aliphatic carboxylic acids is 1. The Morgan fingerprint density at radius 3 is 2.93 bits per heavy atom. The van der Waals surface area contributed by atoms with Gasteiger partial charge in [0.05, 0.1) is 12.1 Å². The van der Waals surface area contributed by atoms with E-state index in [0.29, 0.717) is 10.0 Å². The number of carboxylic acids is 1. The summed E-state index contributed by atoms with van der Waals surface area (Å²) in [4.78, 5) is 14.7. The van der Waals surface area contributed by atoms with Crippen molar-refractivity contribution in [3.63, 3.8) is 0 Å². The van der Waals surface area contributed by atoms with Crippen molar-refractivity contribution in [2.45, 2.75) is 6.42 Å². The van der Waals surface area contributed by atoms with Crippen LogP contribution in [0, 0.1) is 0 Å². The van der Waals surface area contributed by atoms with Gasteiger partial charge in [-0.3, -0.25) is 4.79 Å². The summed E-state index contributed by atoms with van der Waals surface area (Å²) in [5, 5.41) is 13.0. The highest BCUT2D eigenvalue weighted by Gasteiger charge is 2.10. The number of hydrogen-bond donors (Lipinski definition) is 1. The second-order valence-electron chi connectivity index (χ2n) is 2.82. The van der Waals surface area contributed by atoms with Gasteiger partial charge in [-0.15, -0.1) is 22.7 Å². The van der Waals surface area contributed by atoms with Gasteiger partial charge >= 0.3 is 5.97 Å². The maximum absolute atomic E-state index is 10.5. The molecule has 0 radical (unpaired) electrons. The van der Waals surface area contributed by atoms with Crippen molar-refractivity contribution in [3.05, 3.63) is 26.9 Å². The minimum atomic E-state index is -0.872. The fourth-order valence-corrected chi connectivity index (χ4v) is 3.01. The van der Waals surface area contributed by atoms with Crippen LogP contribution in [-0.4, -0.2) is 16.1 Å². The molecule has 0 aromatic carbocycles. The van der Waals surface area contributed by atoms with Gasteiger partial charge in [-0.05, 0) is 11.4 Å². The van der Waals surface area contributed by atoms with Gasteiger partial charge < -0.3 is 5.11 Å². The molecule has 78 valence electrons. The molecule has 0 saturated carbocycles. The van der Waals surface area contributed by atoms with Crippen molar-refractivity contribution in [2.24, 2.45) is 0 Å². The largest absolute Gasteiger partial charge is 0.481 e. The molecule has 0 aliphatic rings. The molecule has 1 N–H and O–H groups in total. The number of aromatic nitrogens is 1. The fraction of sp³-hybridized carbons (Fsp3) is 0.111. The average molecular weight is 260 g/mol.